The normalized spacial score (nSPS) is 13.4. The molecule has 0 amide bonds. The number of nitrogens with two attached hydrogens (primary N) is 1. The summed E-state index contributed by atoms with van der Waals surface area (Å²) in [7, 11) is 0. The van der Waals surface area contributed by atoms with Crippen LogP contribution in [0.2, 0.25) is 0 Å². The van der Waals surface area contributed by atoms with Crippen molar-refractivity contribution in [1.82, 2.24) is 0 Å². The largest absolute Gasteiger partial charge is 0.325 e. The van der Waals surface area contributed by atoms with Gasteiger partial charge < -0.3 is 5.73 Å². The highest BCUT2D eigenvalue weighted by atomic mass is 35.5. The monoisotopic (exact) mass is 235 g/mol. The van der Waals surface area contributed by atoms with E-state index in [1.165, 1.54) is 32.1 Å². The summed E-state index contributed by atoms with van der Waals surface area (Å²) in [6.07, 6.45) is 8.83. The van der Waals surface area contributed by atoms with E-state index >= 15 is 0 Å². The van der Waals surface area contributed by atoms with Gasteiger partial charge in [-0.25, -0.2) is 0 Å². The van der Waals surface area contributed by atoms with Crippen molar-refractivity contribution >= 4 is 12.4 Å². The van der Waals surface area contributed by atoms with E-state index in [4.69, 9.17) is 5.73 Å². The van der Waals surface area contributed by atoms with Gasteiger partial charge >= 0.3 is 0 Å². The van der Waals surface area contributed by atoms with E-state index < -0.39 is 0 Å². The fourth-order valence-electron chi connectivity index (χ4n) is 2.37. The average Bonchev–Trinajstić information content (AvgIpc) is 2.23. The molecule has 0 spiro atoms. The van der Waals surface area contributed by atoms with Crippen molar-refractivity contribution in [2.75, 3.05) is 0 Å². The lowest BCUT2D eigenvalue weighted by atomic mass is 9.76. The Morgan fingerprint density at radius 2 is 1.53 bits per heavy atom. The van der Waals surface area contributed by atoms with Gasteiger partial charge in [-0.05, 0) is 25.2 Å². The highest BCUT2D eigenvalue weighted by Crippen LogP contribution is 2.29. The molecule has 0 saturated carbocycles. The second kappa shape index (κ2) is 9.47. The zero-order valence-corrected chi connectivity index (χ0v) is 11.8. The summed E-state index contributed by atoms with van der Waals surface area (Å²) in [6, 6.07) is 0. The molecule has 1 nitrogen and oxygen atoms in total. The maximum Gasteiger partial charge on any atom is 0.0177 e. The van der Waals surface area contributed by atoms with Crippen molar-refractivity contribution in [3.8, 4) is 0 Å². The van der Waals surface area contributed by atoms with Crippen LogP contribution in [0.15, 0.2) is 0 Å². The van der Waals surface area contributed by atoms with Crippen LogP contribution in [0.4, 0.5) is 0 Å². The number of rotatable bonds is 8. The van der Waals surface area contributed by atoms with E-state index in [0.29, 0.717) is 0 Å². The van der Waals surface area contributed by atoms with E-state index in [0.717, 1.165) is 18.8 Å². The second-order valence-electron chi connectivity index (χ2n) is 4.54. The third-order valence-corrected chi connectivity index (χ3v) is 3.78. The highest BCUT2D eigenvalue weighted by Gasteiger charge is 2.29. The molecule has 0 aliphatic heterocycles. The van der Waals surface area contributed by atoms with Crippen LogP contribution in [-0.4, -0.2) is 5.54 Å². The molecule has 94 valence electrons. The van der Waals surface area contributed by atoms with Crippen LogP contribution < -0.4 is 5.73 Å². The molecule has 15 heavy (non-hydrogen) atoms. The van der Waals surface area contributed by atoms with Gasteiger partial charge in [0.15, 0.2) is 0 Å². The molecule has 1 atom stereocenters. The maximum absolute atomic E-state index is 6.43. The summed E-state index contributed by atoms with van der Waals surface area (Å²) in [5.74, 6) is 0.726. The Labute approximate surface area is 103 Å². The fraction of sp³-hybridized carbons (Fsp3) is 1.00. The lowest BCUT2D eigenvalue weighted by Crippen LogP contribution is -2.45. The Kier molecular flexibility index (Phi) is 11.1. The lowest BCUT2D eigenvalue weighted by molar-refractivity contribution is 0.225. The summed E-state index contributed by atoms with van der Waals surface area (Å²) in [6.45, 7) is 9.00. The lowest BCUT2D eigenvalue weighted by Gasteiger charge is -2.36. The molecule has 0 aromatic carbocycles. The summed E-state index contributed by atoms with van der Waals surface area (Å²) >= 11 is 0. The zero-order chi connectivity index (χ0) is 11.0. The topological polar surface area (TPSA) is 26.0 Å². The minimum atomic E-state index is 0. The third kappa shape index (κ3) is 5.77. The molecule has 0 aliphatic carbocycles. The SMILES string of the molecule is CCCCCC(CC)C(N)(CC)CC.Cl. The van der Waals surface area contributed by atoms with Crippen molar-refractivity contribution in [3.63, 3.8) is 0 Å². The third-order valence-electron chi connectivity index (χ3n) is 3.78. The number of hydrogen-bond acceptors (Lipinski definition) is 1. The van der Waals surface area contributed by atoms with Gasteiger partial charge in [-0.3, -0.25) is 0 Å². The summed E-state index contributed by atoms with van der Waals surface area (Å²) in [5, 5.41) is 0. The molecule has 0 radical (unpaired) electrons. The molecule has 0 aromatic heterocycles. The predicted octanol–water partition coefficient (Wildman–Crippen LogP) is 4.53. The Morgan fingerprint density at radius 3 is 1.87 bits per heavy atom. The minimum absolute atomic E-state index is 0. The predicted molar refractivity (Wildman–Crippen MR) is 72.7 cm³/mol. The number of halogens is 1. The Morgan fingerprint density at radius 1 is 1.00 bits per heavy atom. The van der Waals surface area contributed by atoms with Crippen LogP contribution >= 0.6 is 12.4 Å². The average molecular weight is 236 g/mol. The first-order valence-corrected chi connectivity index (χ1v) is 6.43. The maximum atomic E-state index is 6.43. The molecule has 0 rings (SSSR count). The molecule has 0 aromatic rings. The fourth-order valence-corrected chi connectivity index (χ4v) is 2.37. The van der Waals surface area contributed by atoms with E-state index in [9.17, 15) is 0 Å². The van der Waals surface area contributed by atoms with Crippen LogP contribution in [-0.2, 0) is 0 Å². The molecule has 0 fully saturated rings. The van der Waals surface area contributed by atoms with E-state index in [2.05, 4.69) is 27.7 Å². The van der Waals surface area contributed by atoms with Gasteiger partial charge in [-0.1, -0.05) is 53.4 Å². The van der Waals surface area contributed by atoms with Gasteiger partial charge in [-0.2, -0.15) is 0 Å². The molecule has 1 unspecified atom stereocenters. The van der Waals surface area contributed by atoms with Crippen LogP contribution in [0.5, 0.6) is 0 Å². The Balaban J connectivity index is 0. The number of hydrogen-bond donors (Lipinski definition) is 1. The second-order valence-corrected chi connectivity index (χ2v) is 4.54. The quantitative estimate of drug-likeness (QED) is 0.615. The van der Waals surface area contributed by atoms with E-state index in [1.54, 1.807) is 0 Å². The van der Waals surface area contributed by atoms with E-state index in [1.807, 2.05) is 0 Å². The van der Waals surface area contributed by atoms with Gasteiger partial charge in [0.05, 0.1) is 0 Å². The minimum Gasteiger partial charge on any atom is -0.325 e. The molecular formula is C13H30ClN. The first-order chi connectivity index (χ1) is 6.64. The van der Waals surface area contributed by atoms with Crippen molar-refractivity contribution < 1.29 is 0 Å². The van der Waals surface area contributed by atoms with Gasteiger partial charge in [0.2, 0.25) is 0 Å². The van der Waals surface area contributed by atoms with Crippen LogP contribution in [0, 0.1) is 5.92 Å². The van der Waals surface area contributed by atoms with Crippen LogP contribution in [0.1, 0.15) is 72.6 Å². The molecule has 0 aliphatic rings. The molecule has 2 heteroatoms. The van der Waals surface area contributed by atoms with Gasteiger partial charge in [0.1, 0.15) is 0 Å². The van der Waals surface area contributed by atoms with Crippen molar-refractivity contribution in [1.29, 1.82) is 0 Å². The summed E-state index contributed by atoms with van der Waals surface area (Å²) in [5.41, 5.74) is 6.53. The van der Waals surface area contributed by atoms with Crippen molar-refractivity contribution in [2.24, 2.45) is 11.7 Å². The summed E-state index contributed by atoms with van der Waals surface area (Å²) in [4.78, 5) is 0. The molecule has 0 saturated heterocycles. The Bertz CT molecular complexity index is 132. The van der Waals surface area contributed by atoms with E-state index in [-0.39, 0.29) is 17.9 Å². The Hall–Kier alpha value is 0.250. The van der Waals surface area contributed by atoms with Gasteiger partial charge in [0, 0.05) is 5.54 Å². The first-order valence-electron chi connectivity index (χ1n) is 6.43. The standard InChI is InChI=1S/C13H29N.ClH/c1-5-9-10-11-12(6-2)13(14,7-3)8-4;/h12H,5-11,14H2,1-4H3;1H. The smallest absolute Gasteiger partial charge is 0.0177 e. The van der Waals surface area contributed by atoms with Crippen LogP contribution in [0.3, 0.4) is 0 Å². The molecule has 2 N–H and O–H groups in total. The summed E-state index contributed by atoms with van der Waals surface area (Å²) < 4.78 is 0. The zero-order valence-electron chi connectivity index (χ0n) is 11.0. The molecular weight excluding hydrogens is 206 g/mol. The first kappa shape index (κ1) is 17.6. The molecule has 0 bridgehead atoms. The molecule has 0 heterocycles. The van der Waals surface area contributed by atoms with Crippen molar-refractivity contribution in [2.45, 2.75) is 78.2 Å². The van der Waals surface area contributed by atoms with Gasteiger partial charge in [0.25, 0.3) is 0 Å². The number of unbranched alkanes of at least 4 members (excludes halogenated alkanes) is 2. The van der Waals surface area contributed by atoms with Crippen molar-refractivity contribution in [3.05, 3.63) is 0 Å². The highest BCUT2D eigenvalue weighted by molar-refractivity contribution is 5.85. The van der Waals surface area contributed by atoms with Gasteiger partial charge in [-0.15, -0.1) is 12.4 Å². The van der Waals surface area contributed by atoms with Crippen LogP contribution in [0.25, 0.3) is 0 Å².